The zero-order chi connectivity index (χ0) is 12.1. The maximum absolute atomic E-state index is 10.9. The van der Waals surface area contributed by atoms with Gasteiger partial charge in [-0.3, -0.25) is 9.63 Å². The van der Waals surface area contributed by atoms with Crippen molar-refractivity contribution < 1.29 is 19.1 Å². The molecule has 0 aliphatic heterocycles. The zero-order valence-electron chi connectivity index (χ0n) is 8.95. The van der Waals surface area contributed by atoms with Gasteiger partial charge in [0, 0.05) is 10.0 Å². The highest BCUT2D eigenvalue weighted by Gasteiger charge is 2.18. The van der Waals surface area contributed by atoms with Gasteiger partial charge in [0.25, 0.3) is 0 Å². The Hall–Kier alpha value is -1.11. The van der Waals surface area contributed by atoms with Crippen LogP contribution in [0.4, 0.5) is 0 Å². The molecule has 16 heavy (non-hydrogen) atoms. The van der Waals surface area contributed by atoms with Gasteiger partial charge in [-0.15, -0.1) is 0 Å². The van der Waals surface area contributed by atoms with Gasteiger partial charge in [0.15, 0.2) is 17.8 Å². The molecule has 88 valence electrons. The monoisotopic (exact) mass is 289 g/mol. The Morgan fingerprint density at radius 2 is 2.00 bits per heavy atom. The Balaban J connectivity index is 3.43. The lowest BCUT2D eigenvalue weighted by Crippen LogP contribution is -2.04. The van der Waals surface area contributed by atoms with Crippen LogP contribution < -0.4 is 15.4 Å². The Morgan fingerprint density at radius 3 is 2.44 bits per heavy atom. The van der Waals surface area contributed by atoms with Crippen molar-refractivity contribution in [3.63, 3.8) is 0 Å². The fourth-order valence-electron chi connectivity index (χ4n) is 1.41. The first-order chi connectivity index (χ1) is 7.69. The van der Waals surface area contributed by atoms with E-state index >= 15 is 0 Å². The van der Waals surface area contributed by atoms with Crippen molar-refractivity contribution in [2.45, 2.75) is 6.61 Å². The number of rotatable bonds is 5. The van der Waals surface area contributed by atoms with E-state index in [1.54, 1.807) is 6.07 Å². The molecule has 0 aromatic heterocycles. The number of methoxy groups -OCH3 is 2. The SMILES string of the molecule is COc1c(CON)cc(Br)c(C=O)c1OC. The largest absolute Gasteiger partial charge is 0.492 e. The van der Waals surface area contributed by atoms with Crippen molar-refractivity contribution in [1.29, 1.82) is 0 Å². The summed E-state index contributed by atoms with van der Waals surface area (Å²) in [6, 6.07) is 1.71. The Kier molecular flexibility index (Phi) is 4.72. The molecular formula is C10H12BrNO4. The number of carbonyl (C=O) groups is 1. The molecule has 0 saturated heterocycles. The maximum atomic E-state index is 10.9. The number of nitrogens with two attached hydrogens (primary N) is 1. The van der Waals surface area contributed by atoms with Gasteiger partial charge >= 0.3 is 0 Å². The highest BCUT2D eigenvalue weighted by molar-refractivity contribution is 9.10. The van der Waals surface area contributed by atoms with Crippen molar-refractivity contribution in [3.8, 4) is 11.5 Å². The van der Waals surface area contributed by atoms with Gasteiger partial charge in [0.1, 0.15) is 0 Å². The van der Waals surface area contributed by atoms with Crippen molar-refractivity contribution in [3.05, 3.63) is 21.7 Å². The first-order valence-corrected chi connectivity index (χ1v) is 5.19. The summed E-state index contributed by atoms with van der Waals surface area (Å²) in [5.74, 6) is 5.82. The third-order valence-electron chi connectivity index (χ3n) is 2.07. The maximum Gasteiger partial charge on any atom is 0.172 e. The number of benzene rings is 1. The van der Waals surface area contributed by atoms with Gasteiger partial charge in [-0.05, 0) is 22.0 Å². The minimum atomic E-state index is 0.164. The molecule has 2 N–H and O–H groups in total. The van der Waals surface area contributed by atoms with Crippen molar-refractivity contribution in [2.24, 2.45) is 5.90 Å². The molecule has 0 bridgehead atoms. The van der Waals surface area contributed by atoms with E-state index in [0.717, 1.165) is 0 Å². The summed E-state index contributed by atoms with van der Waals surface area (Å²) in [5.41, 5.74) is 1.08. The summed E-state index contributed by atoms with van der Waals surface area (Å²) in [6.45, 7) is 0.164. The molecule has 0 aliphatic carbocycles. The quantitative estimate of drug-likeness (QED) is 0.659. The van der Waals surface area contributed by atoms with E-state index in [2.05, 4.69) is 20.8 Å². The average Bonchev–Trinajstić information content (AvgIpc) is 2.28. The second kappa shape index (κ2) is 5.83. The van der Waals surface area contributed by atoms with Crippen LogP contribution in [0, 0.1) is 0 Å². The summed E-state index contributed by atoms with van der Waals surface area (Å²) in [6.07, 6.45) is 0.693. The summed E-state index contributed by atoms with van der Waals surface area (Å²) in [4.78, 5) is 15.5. The van der Waals surface area contributed by atoms with Gasteiger partial charge in [-0.2, -0.15) is 0 Å². The third kappa shape index (κ3) is 2.34. The van der Waals surface area contributed by atoms with E-state index in [1.165, 1.54) is 14.2 Å². The minimum absolute atomic E-state index is 0.164. The standard InChI is InChI=1S/C10H12BrNO4/c1-14-9-6(5-16-12)3-8(11)7(4-13)10(9)15-2/h3-4H,5,12H2,1-2H3. The molecule has 0 radical (unpaired) electrons. The lowest BCUT2D eigenvalue weighted by molar-refractivity contribution is 0.111. The molecule has 1 rings (SSSR count). The fraction of sp³-hybridized carbons (Fsp3) is 0.300. The number of halogens is 1. The van der Waals surface area contributed by atoms with Crippen LogP contribution in [0.1, 0.15) is 15.9 Å². The fourth-order valence-corrected chi connectivity index (χ4v) is 1.96. The molecule has 0 amide bonds. The van der Waals surface area contributed by atoms with Crippen LogP contribution in [0.3, 0.4) is 0 Å². The van der Waals surface area contributed by atoms with Gasteiger partial charge in [-0.1, -0.05) is 0 Å². The first kappa shape index (κ1) is 13.0. The Morgan fingerprint density at radius 1 is 1.38 bits per heavy atom. The number of carbonyl (C=O) groups excluding carboxylic acids is 1. The topological polar surface area (TPSA) is 70.8 Å². The molecule has 0 unspecified atom stereocenters. The molecular weight excluding hydrogens is 278 g/mol. The van der Waals surface area contributed by atoms with Crippen molar-refractivity contribution in [2.75, 3.05) is 14.2 Å². The van der Waals surface area contributed by atoms with E-state index in [0.29, 0.717) is 33.4 Å². The predicted octanol–water partition coefficient (Wildman–Crippen LogP) is 1.67. The number of aldehydes is 1. The van der Waals surface area contributed by atoms with Crippen LogP contribution >= 0.6 is 15.9 Å². The van der Waals surface area contributed by atoms with Crippen LogP contribution in [0.25, 0.3) is 0 Å². The Labute approximate surface area is 102 Å². The molecule has 0 fully saturated rings. The molecule has 0 atom stereocenters. The van der Waals surface area contributed by atoms with Crippen LogP contribution in [0.15, 0.2) is 10.5 Å². The van der Waals surface area contributed by atoms with E-state index in [1.807, 2.05) is 0 Å². The second-order valence-corrected chi connectivity index (χ2v) is 3.78. The number of hydrogen-bond acceptors (Lipinski definition) is 5. The minimum Gasteiger partial charge on any atom is -0.492 e. The smallest absolute Gasteiger partial charge is 0.172 e. The second-order valence-electron chi connectivity index (χ2n) is 2.93. The van der Waals surface area contributed by atoms with Gasteiger partial charge in [0.05, 0.1) is 26.4 Å². The predicted molar refractivity (Wildman–Crippen MR) is 61.6 cm³/mol. The van der Waals surface area contributed by atoms with E-state index in [4.69, 9.17) is 15.4 Å². The molecule has 0 heterocycles. The Bertz CT molecular complexity index is 395. The van der Waals surface area contributed by atoms with Crippen LogP contribution in [-0.2, 0) is 11.4 Å². The third-order valence-corrected chi connectivity index (χ3v) is 2.72. The molecule has 1 aromatic rings. The summed E-state index contributed by atoms with van der Waals surface area (Å²) in [7, 11) is 2.95. The van der Waals surface area contributed by atoms with E-state index in [-0.39, 0.29) is 6.61 Å². The highest BCUT2D eigenvalue weighted by Crippen LogP contribution is 2.38. The van der Waals surface area contributed by atoms with E-state index in [9.17, 15) is 4.79 Å². The summed E-state index contributed by atoms with van der Waals surface area (Å²) < 4.78 is 10.9. The van der Waals surface area contributed by atoms with Gasteiger partial charge < -0.3 is 9.47 Å². The zero-order valence-corrected chi connectivity index (χ0v) is 10.5. The number of hydrogen-bond donors (Lipinski definition) is 1. The average molecular weight is 290 g/mol. The molecule has 0 aliphatic rings. The normalized spacial score (nSPS) is 10.0. The lowest BCUT2D eigenvalue weighted by atomic mass is 10.1. The molecule has 0 saturated carbocycles. The first-order valence-electron chi connectivity index (χ1n) is 4.39. The number of ether oxygens (including phenoxy) is 2. The molecule has 5 nitrogen and oxygen atoms in total. The van der Waals surface area contributed by atoms with Crippen molar-refractivity contribution >= 4 is 22.2 Å². The van der Waals surface area contributed by atoms with E-state index < -0.39 is 0 Å². The van der Waals surface area contributed by atoms with Gasteiger partial charge in [-0.25, -0.2) is 5.90 Å². The van der Waals surface area contributed by atoms with Crippen LogP contribution in [0.2, 0.25) is 0 Å². The van der Waals surface area contributed by atoms with Crippen LogP contribution in [0.5, 0.6) is 11.5 Å². The highest BCUT2D eigenvalue weighted by atomic mass is 79.9. The molecule has 0 spiro atoms. The molecule has 6 heteroatoms. The van der Waals surface area contributed by atoms with Crippen LogP contribution in [-0.4, -0.2) is 20.5 Å². The summed E-state index contributed by atoms with van der Waals surface area (Å²) >= 11 is 3.27. The lowest BCUT2D eigenvalue weighted by Gasteiger charge is -2.15. The summed E-state index contributed by atoms with van der Waals surface area (Å²) in [5, 5.41) is 0. The van der Waals surface area contributed by atoms with Gasteiger partial charge in [0.2, 0.25) is 0 Å². The van der Waals surface area contributed by atoms with Crippen molar-refractivity contribution in [1.82, 2.24) is 0 Å². The molecule has 1 aromatic carbocycles.